The molecule has 0 radical (unpaired) electrons. The van der Waals surface area contributed by atoms with Crippen LogP contribution in [0.3, 0.4) is 0 Å². The second-order valence-corrected chi connectivity index (χ2v) is 4.60. The first-order valence-corrected chi connectivity index (χ1v) is 6.43. The number of unbranched alkanes of at least 4 members (excludes halogenated alkanes) is 4. The van der Waals surface area contributed by atoms with E-state index in [0.717, 1.165) is 12.8 Å². The molecule has 0 rings (SSSR count). The molecule has 0 aliphatic heterocycles. The molecule has 0 fully saturated rings. The van der Waals surface area contributed by atoms with Gasteiger partial charge in [0.25, 0.3) is 0 Å². The fourth-order valence-electron chi connectivity index (χ4n) is 1.59. The van der Waals surface area contributed by atoms with E-state index in [4.69, 9.17) is 4.74 Å². The number of carbonyl (C=O) groups is 1. The van der Waals surface area contributed by atoms with E-state index in [1.165, 1.54) is 19.3 Å². The van der Waals surface area contributed by atoms with Crippen LogP contribution in [0.2, 0.25) is 0 Å². The Bertz CT molecular complexity index is 178. The Balaban J connectivity index is 3.43. The van der Waals surface area contributed by atoms with E-state index >= 15 is 0 Å². The molecular weight excluding hydrogens is 204 g/mol. The molecule has 0 aliphatic carbocycles. The monoisotopic (exact) mass is 230 g/mol. The van der Waals surface area contributed by atoms with Crippen molar-refractivity contribution < 1.29 is 14.6 Å². The second kappa shape index (κ2) is 9.64. The molecular formula is C13H26O3. The Labute approximate surface area is 99.2 Å². The van der Waals surface area contributed by atoms with Gasteiger partial charge in [0.1, 0.15) is 0 Å². The van der Waals surface area contributed by atoms with Crippen molar-refractivity contribution in [3.05, 3.63) is 0 Å². The van der Waals surface area contributed by atoms with E-state index in [-0.39, 0.29) is 18.5 Å². The third-order valence-corrected chi connectivity index (χ3v) is 2.41. The molecule has 0 saturated carbocycles. The third-order valence-electron chi connectivity index (χ3n) is 2.41. The number of hydrogen-bond donors (Lipinski definition) is 1. The first kappa shape index (κ1) is 15.4. The Hall–Kier alpha value is -0.570. The number of aliphatic hydroxyl groups excluding tert-OH is 1. The van der Waals surface area contributed by atoms with Crippen molar-refractivity contribution in [2.75, 3.05) is 0 Å². The van der Waals surface area contributed by atoms with Crippen molar-refractivity contribution in [3.8, 4) is 0 Å². The molecule has 3 nitrogen and oxygen atoms in total. The molecule has 0 aliphatic rings. The SMILES string of the molecule is CCCCCCCC(O)CC(=O)OC(C)C. The van der Waals surface area contributed by atoms with Crippen LogP contribution in [0.4, 0.5) is 0 Å². The van der Waals surface area contributed by atoms with Crippen LogP contribution in [0.1, 0.15) is 65.7 Å². The van der Waals surface area contributed by atoms with Gasteiger partial charge in [-0.15, -0.1) is 0 Å². The smallest absolute Gasteiger partial charge is 0.308 e. The van der Waals surface area contributed by atoms with E-state index in [1.54, 1.807) is 0 Å². The van der Waals surface area contributed by atoms with Crippen LogP contribution >= 0.6 is 0 Å². The van der Waals surface area contributed by atoms with Crippen molar-refractivity contribution in [1.82, 2.24) is 0 Å². The minimum absolute atomic E-state index is 0.0933. The highest BCUT2D eigenvalue weighted by Crippen LogP contribution is 2.10. The van der Waals surface area contributed by atoms with Crippen LogP contribution in [0.25, 0.3) is 0 Å². The maximum Gasteiger partial charge on any atom is 0.308 e. The van der Waals surface area contributed by atoms with Crippen molar-refractivity contribution >= 4 is 5.97 Å². The molecule has 16 heavy (non-hydrogen) atoms. The van der Waals surface area contributed by atoms with E-state index in [2.05, 4.69) is 6.92 Å². The van der Waals surface area contributed by atoms with E-state index in [9.17, 15) is 9.90 Å². The Morgan fingerprint density at radius 3 is 2.38 bits per heavy atom. The fraction of sp³-hybridized carbons (Fsp3) is 0.923. The Kier molecular flexibility index (Phi) is 9.30. The average molecular weight is 230 g/mol. The van der Waals surface area contributed by atoms with Gasteiger partial charge in [0.2, 0.25) is 0 Å². The molecule has 0 bridgehead atoms. The Morgan fingerprint density at radius 2 is 1.81 bits per heavy atom. The molecule has 0 saturated heterocycles. The number of rotatable bonds is 9. The number of hydrogen-bond acceptors (Lipinski definition) is 3. The van der Waals surface area contributed by atoms with Crippen molar-refractivity contribution in [2.24, 2.45) is 0 Å². The van der Waals surface area contributed by atoms with Gasteiger partial charge in [-0.05, 0) is 20.3 Å². The summed E-state index contributed by atoms with van der Waals surface area (Å²) < 4.78 is 4.97. The lowest BCUT2D eigenvalue weighted by atomic mass is 10.1. The summed E-state index contributed by atoms with van der Waals surface area (Å²) in [6.45, 7) is 5.81. The highest BCUT2D eigenvalue weighted by atomic mass is 16.5. The zero-order chi connectivity index (χ0) is 12.4. The van der Waals surface area contributed by atoms with Crippen molar-refractivity contribution in [2.45, 2.75) is 77.9 Å². The first-order chi connectivity index (χ1) is 7.56. The maximum atomic E-state index is 11.2. The van der Waals surface area contributed by atoms with Crippen LogP contribution < -0.4 is 0 Å². The van der Waals surface area contributed by atoms with Gasteiger partial charge in [-0.25, -0.2) is 0 Å². The van der Waals surface area contributed by atoms with Gasteiger partial charge in [0.05, 0.1) is 18.6 Å². The van der Waals surface area contributed by atoms with Crippen LogP contribution in [0.5, 0.6) is 0 Å². The van der Waals surface area contributed by atoms with Gasteiger partial charge in [0.15, 0.2) is 0 Å². The van der Waals surface area contributed by atoms with Gasteiger partial charge in [-0.3, -0.25) is 4.79 Å². The maximum absolute atomic E-state index is 11.2. The molecule has 1 unspecified atom stereocenters. The summed E-state index contributed by atoms with van der Waals surface area (Å²) >= 11 is 0. The summed E-state index contributed by atoms with van der Waals surface area (Å²) in [4.78, 5) is 11.2. The standard InChI is InChI=1S/C13H26O3/c1-4-5-6-7-8-9-12(14)10-13(15)16-11(2)3/h11-12,14H,4-10H2,1-3H3. The lowest BCUT2D eigenvalue weighted by Crippen LogP contribution is -2.18. The zero-order valence-electron chi connectivity index (χ0n) is 10.9. The van der Waals surface area contributed by atoms with Crippen LogP contribution in [0, 0.1) is 0 Å². The van der Waals surface area contributed by atoms with Crippen molar-refractivity contribution in [3.63, 3.8) is 0 Å². The van der Waals surface area contributed by atoms with E-state index in [0.29, 0.717) is 6.42 Å². The summed E-state index contributed by atoms with van der Waals surface area (Å²) in [6.07, 6.45) is 6.05. The van der Waals surface area contributed by atoms with Crippen LogP contribution in [0.15, 0.2) is 0 Å². The first-order valence-electron chi connectivity index (χ1n) is 6.43. The average Bonchev–Trinajstić information content (AvgIpc) is 2.15. The summed E-state index contributed by atoms with van der Waals surface area (Å²) in [5.41, 5.74) is 0. The molecule has 3 heteroatoms. The molecule has 0 aromatic heterocycles. The zero-order valence-corrected chi connectivity index (χ0v) is 10.9. The number of ether oxygens (including phenoxy) is 1. The van der Waals surface area contributed by atoms with Crippen molar-refractivity contribution in [1.29, 1.82) is 0 Å². The van der Waals surface area contributed by atoms with Gasteiger partial charge < -0.3 is 9.84 Å². The second-order valence-electron chi connectivity index (χ2n) is 4.60. The predicted octanol–water partition coefficient (Wildman–Crippen LogP) is 3.05. The molecule has 0 amide bonds. The number of carbonyl (C=O) groups excluding carboxylic acids is 1. The summed E-state index contributed by atoms with van der Waals surface area (Å²) in [7, 11) is 0. The summed E-state index contributed by atoms with van der Waals surface area (Å²) in [5.74, 6) is -0.295. The quantitative estimate of drug-likeness (QED) is 0.489. The van der Waals surface area contributed by atoms with Gasteiger partial charge in [-0.1, -0.05) is 39.0 Å². The fourth-order valence-corrected chi connectivity index (χ4v) is 1.59. The highest BCUT2D eigenvalue weighted by molar-refractivity contribution is 5.70. The lowest BCUT2D eigenvalue weighted by molar-refractivity contribution is -0.149. The summed E-state index contributed by atoms with van der Waals surface area (Å²) in [5, 5.41) is 9.59. The largest absolute Gasteiger partial charge is 0.463 e. The molecule has 1 N–H and O–H groups in total. The Morgan fingerprint density at radius 1 is 1.19 bits per heavy atom. The van der Waals surface area contributed by atoms with Gasteiger partial charge in [0, 0.05) is 0 Å². The highest BCUT2D eigenvalue weighted by Gasteiger charge is 2.12. The molecule has 1 atom stereocenters. The van der Waals surface area contributed by atoms with Crippen LogP contribution in [-0.4, -0.2) is 23.3 Å². The van der Waals surface area contributed by atoms with E-state index < -0.39 is 6.10 Å². The predicted molar refractivity (Wildman–Crippen MR) is 65.2 cm³/mol. The molecule has 0 aromatic rings. The molecule has 96 valence electrons. The minimum Gasteiger partial charge on any atom is -0.463 e. The lowest BCUT2D eigenvalue weighted by Gasteiger charge is -2.12. The molecule has 0 aromatic carbocycles. The number of aliphatic hydroxyl groups is 1. The molecule has 0 heterocycles. The number of esters is 1. The molecule has 0 spiro atoms. The topological polar surface area (TPSA) is 46.5 Å². The minimum atomic E-state index is -0.534. The summed E-state index contributed by atoms with van der Waals surface area (Å²) in [6, 6.07) is 0. The van der Waals surface area contributed by atoms with E-state index in [1.807, 2.05) is 13.8 Å². The normalized spacial score (nSPS) is 12.8. The van der Waals surface area contributed by atoms with Gasteiger partial charge >= 0.3 is 5.97 Å². The van der Waals surface area contributed by atoms with Gasteiger partial charge in [-0.2, -0.15) is 0 Å². The third kappa shape index (κ3) is 9.97. The van der Waals surface area contributed by atoms with Crippen LogP contribution in [-0.2, 0) is 9.53 Å².